The quantitative estimate of drug-likeness (QED) is 0.727. The summed E-state index contributed by atoms with van der Waals surface area (Å²) in [7, 11) is 2.26. The van der Waals surface area contributed by atoms with Crippen LogP contribution >= 0.6 is 0 Å². The zero-order valence-corrected chi connectivity index (χ0v) is 11.1. The minimum Gasteiger partial charge on any atom is -0.312 e. The van der Waals surface area contributed by atoms with Gasteiger partial charge in [0.05, 0.1) is 0 Å². The van der Waals surface area contributed by atoms with Gasteiger partial charge in [-0.2, -0.15) is 0 Å². The summed E-state index contributed by atoms with van der Waals surface area (Å²) in [5.41, 5.74) is 0.355. The molecular weight excluding hydrogens is 184 g/mol. The predicted octanol–water partition coefficient (Wildman–Crippen LogP) is 2.35. The second kappa shape index (κ2) is 5.31. The summed E-state index contributed by atoms with van der Waals surface area (Å²) in [4.78, 5) is 2.50. The monoisotopic (exact) mass is 212 g/mol. The van der Waals surface area contributed by atoms with E-state index in [1.165, 1.54) is 25.9 Å². The Balaban J connectivity index is 2.34. The molecule has 1 atom stereocenters. The summed E-state index contributed by atoms with van der Waals surface area (Å²) in [6.45, 7) is 12.7. The van der Waals surface area contributed by atoms with Gasteiger partial charge in [0.15, 0.2) is 0 Å². The Kier molecular flexibility index (Phi) is 4.60. The Morgan fingerprint density at radius 3 is 2.33 bits per heavy atom. The highest BCUT2D eigenvalue weighted by atomic mass is 15.1. The van der Waals surface area contributed by atoms with Crippen molar-refractivity contribution in [3.63, 3.8) is 0 Å². The molecule has 0 heterocycles. The van der Waals surface area contributed by atoms with Crippen molar-refractivity contribution in [2.75, 3.05) is 26.7 Å². The number of nitrogens with zero attached hydrogens (tertiary/aromatic N) is 1. The average Bonchev–Trinajstić information content (AvgIpc) is 2.85. The molecule has 0 spiro atoms. The highest BCUT2D eigenvalue weighted by molar-refractivity contribution is 4.84. The number of hydrogen-bond donors (Lipinski definition) is 1. The molecule has 1 N–H and O–H groups in total. The van der Waals surface area contributed by atoms with Gasteiger partial charge in [0.2, 0.25) is 0 Å². The summed E-state index contributed by atoms with van der Waals surface area (Å²) >= 11 is 0. The smallest absolute Gasteiger partial charge is 0.0243 e. The lowest BCUT2D eigenvalue weighted by atomic mass is 9.86. The zero-order chi connectivity index (χ0) is 11.5. The van der Waals surface area contributed by atoms with Crippen molar-refractivity contribution in [3.8, 4) is 0 Å². The average molecular weight is 212 g/mol. The van der Waals surface area contributed by atoms with Gasteiger partial charge in [-0.3, -0.25) is 0 Å². The first-order valence-electron chi connectivity index (χ1n) is 6.35. The highest BCUT2D eigenvalue weighted by Crippen LogP contribution is 2.29. The molecule has 1 aliphatic rings. The van der Waals surface area contributed by atoms with E-state index >= 15 is 0 Å². The van der Waals surface area contributed by atoms with Gasteiger partial charge >= 0.3 is 0 Å². The van der Waals surface area contributed by atoms with Crippen LogP contribution in [0.1, 0.15) is 40.5 Å². The molecule has 0 bridgehead atoms. The first-order valence-corrected chi connectivity index (χ1v) is 6.35. The maximum atomic E-state index is 3.61. The summed E-state index contributed by atoms with van der Waals surface area (Å²) in [5.74, 6) is 0.997. The largest absolute Gasteiger partial charge is 0.312 e. The number of rotatable bonds is 6. The van der Waals surface area contributed by atoms with E-state index in [2.05, 4.69) is 45.0 Å². The Bertz CT molecular complexity index is 179. The summed E-state index contributed by atoms with van der Waals surface area (Å²) in [6.07, 6.45) is 2.90. The topological polar surface area (TPSA) is 15.3 Å². The second-order valence-corrected chi connectivity index (χ2v) is 6.14. The molecule has 0 saturated heterocycles. The van der Waals surface area contributed by atoms with Gasteiger partial charge in [-0.05, 0) is 37.8 Å². The molecule has 90 valence electrons. The van der Waals surface area contributed by atoms with Crippen molar-refractivity contribution < 1.29 is 0 Å². The molecule has 2 heteroatoms. The molecular formula is C13H28N2. The van der Waals surface area contributed by atoms with Crippen LogP contribution in [0.3, 0.4) is 0 Å². The fourth-order valence-corrected chi connectivity index (χ4v) is 2.02. The summed E-state index contributed by atoms with van der Waals surface area (Å²) in [5, 5.41) is 3.61. The lowest BCUT2D eigenvalue weighted by molar-refractivity contribution is 0.192. The Morgan fingerprint density at radius 1 is 1.33 bits per heavy atom. The van der Waals surface area contributed by atoms with Gasteiger partial charge in [0.1, 0.15) is 0 Å². The van der Waals surface area contributed by atoms with E-state index in [4.69, 9.17) is 0 Å². The normalized spacial score (nSPS) is 19.6. The number of nitrogens with one attached hydrogen (secondary N) is 1. The van der Waals surface area contributed by atoms with Gasteiger partial charge in [0, 0.05) is 19.1 Å². The van der Waals surface area contributed by atoms with E-state index in [0.29, 0.717) is 11.5 Å². The van der Waals surface area contributed by atoms with Crippen molar-refractivity contribution in [3.05, 3.63) is 0 Å². The molecule has 1 fully saturated rings. The third-order valence-electron chi connectivity index (χ3n) is 3.26. The molecule has 0 aromatic heterocycles. The van der Waals surface area contributed by atoms with Gasteiger partial charge in [0.25, 0.3) is 0 Å². The highest BCUT2D eigenvalue weighted by Gasteiger charge is 2.27. The number of likely N-dealkylation sites (N-methyl/N-ethyl adjacent to an activating group) is 2. The minimum atomic E-state index is 0.355. The summed E-state index contributed by atoms with van der Waals surface area (Å²) in [6, 6.07) is 0.603. The summed E-state index contributed by atoms with van der Waals surface area (Å²) < 4.78 is 0. The van der Waals surface area contributed by atoms with E-state index in [1.54, 1.807) is 0 Å². The van der Waals surface area contributed by atoms with Crippen LogP contribution in [0.15, 0.2) is 0 Å². The first-order chi connectivity index (χ1) is 6.93. The van der Waals surface area contributed by atoms with E-state index in [0.717, 1.165) is 12.5 Å². The van der Waals surface area contributed by atoms with Crippen LogP contribution in [0, 0.1) is 11.3 Å². The van der Waals surface area contributed by atoms with E-state index in [-0.39, 0.29) is 0 Å². The Hall–Kier alpha value is -0.0800. The van der Waals surface area contributed by atoms with Gasteiger partial charge in [-0.25, -0.2) is 0 Å². The van der Waals surface area contributed by atoms with E-state index in [1.807, 2.05) is 0 Å². The molecule has 1 unspecified atom stereocenters. The fourth-order valence-electron chi connectivity index (χ4n) is 2.02. The molecule has 0 aromatic rings. The third kappa shape index (κ3) is 4.98. The molecule has 0 aliphatic heterocycles. The SMILES string of the molecule is CCNC(CN(C)CC1CC1)C(C)(C)C. The van der Waals surface area contributed by atoms with E-state index in [9.17, 15) is 0 Å². The fraction of sp³-hybridized carbons (Fsp3) is 1.00. The van der Waals surface area contributed by atoms with Crippen LogP contribution in [-0.4, -0.2) is 37.6 Å². The van der Waals surface area contributed by atoms with Crippen LogP contribution in [0.5, 0.6) is 0 Å². The van der Waals surface area contributed by atoms with Crippen molar-refractivity contribution in [2.24, 2.45) is 11.3 Å². The minimum absolute atomic E-state index is 0.355. The van der Waals surface area contributed by atoms with Crippen molar-refractivity contribution >= 4 is 0 Å². The van der Waals surface area contributed by atoms with E-state index < -0.39 is 0 Å². The molecule has 2 nitrogen and oxygen atoms in total. The molecule has 0 radical (unpaired) electrons. The standard InChI is InChI=1S/C13H28N2/c1-6-14-12(13(2,3)4)10-15(5)9-11-7-8-11/h11-12,14H,6-10H2,1-5H3. The first kappa shape index (κ1) is 13.0. The van der Waals surface area contributed by atoms with Crippen LogP contribution in [-0.2, 0) is 0 Å². The molecule has 1 rings (SSSR count). The molecule has 0 amide bonds. The van der Waals surface area contributed by atoms with Crippen molar-refractivity contribution in [1.29, 1.82) is 0 Å². The molecule has 0 aromatic carbocycles. The van der Waals surface area contributed by atoms with Gasteiger partial charge < -0.3 is 10.2 Å². The maximum absolute atomic E-state index is 3.61. The Labute approximate surface area is 95.4 Å². The lowest BCUT2D eigenvalue weighted by Crippen LogP contribution is -2.48. The van der Waals surface area contributed by atoms with Crippen LogP contribution in [0.4, 0.5) is 0 Å². The molecule has 1 saturated carbocycles. The van der Waals surface area contributed by atoms with Crippen LogP contribution < -0.4 is 5.32 Å². The zero-order valence-electron chi connectivity index (χ0n) is 11.1. The van der Waals surface area contributed by atoms with Crippen molar-refractivity contribution in [2.45, 2.75) is 46.6 Å². The van der Waals surface area contributed by atoms with Crippen LogP contribution in [0.25, 0.3) is 0 Å². The number of hydrogen-bond acceptors (Lipinski definition) is 2. The van der Waals surface area contributed by atoms with Crippen LogP contribution in [0.2, 0.25) is 0 Å². The Morgan fingerprint density at radius 2 is 1.93 bits per heavy atom. The lowest BCUT2D eigenvalue weighted by Gasteiger charge is -2.34. The van der Waals surface area contributed by atoms with Crippen molar-refractivity contribution in [1.82, 2.24) is 10.2 Å². The van der Waals surface area contributed by atoms with Gasteiger partial charge in [-0.15, -0.1) is 0 Å². The molecule has 1 aliphatic carbocycles. The maximum Gasteiger partial charge on any atom is 0.0243 e. The predicted molar refractivity (Wildman–Crippen MR) is 67.1 cm³/mol. The third-order valence-corrected chi connectivity index (χ3v) is 3.26. The second-order valence-electron chi connectivity index (χ2n) is 6.14. The molecule has 15 heavy (non-hydrogen) atoms. The van der Waals surface area contributed by atoms with Gasteiger partial charge in [-0.1, -0.05) is 27.7 Å².